The number of benzene rings is 2. The second-order valence-electron chi connectivity index (χ2n) is 8.84. The first-order chi connectivity index (χ1) is 18.4. The highest BCUT2D eigenvalue weighted by Crippen LogP contribution is 2.27. The van der Waals surface area contributed by atoms with Crippen molar-refractivity contribution in [2.24, 2.45) is 0 Å². The van der Waals surface area contributed by atoms with Crippen molar-refractivity contribution in [3.8, 4) is 11.3 Å². The predicted octanol–water partition coefficient (Wildman–Crippen LogP) is 6.06. The Bertz CT molecular complexity index is 1460. The van der Waals surface area contributed by atoms with Crippen molar-refractivity contribution in [1.82, 2.24) is 10.2 Å². The number of piperazine rings is 1. The van der Waals surface area contributed by atoms with E-state index < -0.39 is 5.91 Å². The largest absolute Gasteiger partial charge is 0.451 e. The fraction of sp³-hybridized carbons (Fsp3) is 0.179. The lowest BCUT2D eigenvalue weighted by atomic mass is 10.1. The minimum atomic E-state index is -0.446. The molecule has 194 valence electrons. The number of rotatable bonds is 5. The number of furan rings is 1. The lowest BCUT2D eigenvalue weighted by molar-refractivity contribution is 0.0751. The Morgan fingerprint density at radius 2 is 1.76 bits per heavy atom. The van der Waals surface area contributed by atoms with Crippen molar-refractivity contribution in [2.45, 2.75) is 6.92 Å². The number of hydrogen-bond acceptors (Lipinski definition) is 6. The van der Waals surface area contributed by atoms with Gasteiger partial charge >= 0.3 is 0 Å². The SMILES string of the molecule is Cc1ccc(-c2ccc(C(=O)NC(=S)Nc3ccc(N4CCN(C(=O)c5cccs5)CC4)cc3)o2)cc1Cl. The van der Waals surface area contributed by atoms with Crippen LogP contribution in [-0.2, 0) is 0 Å². The Balaban J connectivity index is 1.12. The van der Waals surface area contributed by atoms with E-state index in [9.17, 15) is 9.59 Å². The van der Waals surface area contributed by atoms with E-state index in [-0.39, 0.29) is 16.8 Å². The van der Waals surface area contributed by atoms with Gasteiger partial charge in [-0.3, -0.25) is 14.9 Å². The molecule has 1 saturated heterocycles. The molecule has 0 spiro atoms. The van der Waals surface area contributed by atoms with Gasteiger partial charge in [0.05, 0.1) is 4.88 Å². The fourth-order valence-electron chi connectivity index (χ4n) is 4.17. The number of carbonyl (C=O) groups excluding carboxylic acids is 2. The number of hydrogen-bond donors (Lipinski definition) is 2. The quantitative estimate of drug-likeness (QED) is 0.287. The van der Waals surface area contributed by atoms with Crippen LogP contribution in [0, 0.1) is 6.92 Å². The van der Waals surface area contributed by atoms with E-state index in [1.807, 2.05) is 65.7 Å². The molecule has 38 heavy (non-hydrogen) atoms. The maximum absolute atomic E-state index is 12.6. The summed E-state index contributed by atoms with van der Waals surface area (Å²) in [5.41, 5.74) is 3.57. The number of thiocarbonyl (C=S) groups is 1. The number of nitrogens with one attached hydrogen (secondary N) is 2. The minimum absolute atomic E-state index is 0.0973. The number of aryl methyl sites for hydroxylation is 1. The van der Waals surface area contributed by atoms with Gasteiger partial charge in [0, 0.05) is 48.1 Å². The standard InChI is InChI=1S/C28H25ClN4O3S2/c1-18-4-5-19(17-22(18)29)23-10-11-24(36-23)26(34)31-28(37)30-20-6-8-21(9-7-20)32-12-14-33(15-13-32)27(35)25-3-2-16-38-25/h2-11,16-17H,12-15H2,1H3,(H2,30,31,34,37). The van der Waals surface area contributed by atoms with Crippen LogP contribution in [0.1, 0.15) is 25.8 Å². The van der Waals surface area contributed by atoms with E-state index in [1.54, 1.807) is 18.2 Å². The first kappa shape index (κ1) is 26.0. The predicted molar refractivity (Wildman–Crippen MR) is 156 cm³/mol. The fourth-order valence-corrected chi connectivity index (χ4v) is 5.25. The second-order valence-corrected chi connectivity index (χ2v) is 10.6. The molecule has 5 rings (SSSR count). The molecule has 0 saturated carbocycles. The molecule has 2 amide bonds. The van der Waals surface area contributed by atoms with E-state index >= 15 is 0 Å². The van der Waals surface area contributed by atoms with Crippen LogP contribution in [0.25, 0.3) is 11.3 Å². The summed E-state index contributed by atoms with van der Waals surface area (Å²) in [6.07, 6.45) is 0. The number of nitrogens with zero attached hydrogens (tertiary/aromatic N) is 2. The third kappa shape index (κ3) is 5.91. The summed E-state index contributed by atoms with van der Waals surface area (Å²) in [7, 11) is 0. The van der Waals surface area contributed by atoms with Crippen molar-refractivity contribution >= 4 is 63.5 Å². The van der Waals surface area contributed by atoms with Gasteiger partial charge in [-0.1, -0.05) is 29.8 Å². The van der Waals surface area contributed by atoms with Crippen LogP contribution in [-0.4, -0.2) is 48.0 Å². The molecule has 1 fully saturated rings. The van der Waals surface area contributed by atoms with Gasteiger partial charge in [0.15, 0.2) is 10.9 Å². The number of anilines is 2. The molecule has 2 N–H and O–H groups in total. The molecule has 1 aliphatic rings. The molecular weight excluding hydrogens is 540 g/mol. The Kier molecular flexibility index (Phi) is 7.78. The van der Waals surface area contributed by atoms with Crippen molar-refractivity contribution < 1.29 is 14.0 Å². The summed E-state index contributed by atoms with van der Waals surface area (Å²) >= 11 is 13.0. The second kappa shape index (κ2) is 11.4. The zero-order valence-electron chi connectivity index (χ0n) is 20.6. The van der Waals surface area contributed by atoms with E-state index in [0.717, 1.165) is 40.5 Å². The summed E-state index contributed by atoms with van der Waals surface area (Å²) in [4.78, 5) is 30.1. The smallest absolute Gasteiger partial charge is 0.293 e. The zero-order valence-corrected chi connectivity index (χ0v) is 23.0. The molecule has 1 aliphatic heterocycles. The molecule has 0 radical (unpaired) electrons. The van der Waals surface area contributed by atoms with Gasteiger partial charge in [-0.05, 0) is 78.6 Å². The van der Waals surface area contributed by atoms with Crippen LogP contribution in [0.15, 0.2) is 76.5 Å². The first-order valence-corrected chi connectivity index (χ1v) is 13.7. The van der Waals surface area contributed by atoms with Crippen LogP contribution in [0.5, 0.6) is 0 Å². The summed E-state index contributed by atoms with van der Waals surface area (Å²) in [6, 6.07) is 20.5. The van der Waals surface area contributed by atoms with Crippen LogP contribution in [0.2, 0.25) is 5.02 Å². The van der Waals surface area contributed by atoms with Crippen molar-refractivity contribution in [1.29, 1.82) is 0 Å². The van der Waals surface area contributed by atoms with Crippen LogP contribution in [0.4, 0.5) is 11.4 Å². The van der Waals surface area contributed by atoms with Crippen molar-refractivity contribution in [3.05, 3.63) is 93.3 Å². The zero-order chi connectivity index (χ0) is 26.6. The Morgan fingerprint density at radius 3 is 2.45 bits per heavy atom. The average molecular weight is 565 g/mol. The molecule has 10 heteroatoms. The van der Waals surface area contributed by atoms with Gasteiger partial charge in [0.25, 0.3) is 11.8 Å². The lowest BCUT2D eigenvalue weighted by Gasteiger charge is -2.36. The number of thiophene rings is 1. The van der Waals surface area contributed by atoms with Crippen LogP contribution in [0.3, 0.4) is 0 Å². The highest BCUT2D eigenvalue weighted by molar-refractivity contribution is 7.80. The van der Waals surface area contributed by atoms with Gasteiger partial charge in [0.1, 0.15) is 5.76 Å². The van der Waals surface area contributed by atoms with Gasteiger partial charge in [-0.25, -0.2) is 0 Å². The maximum atomic E-state index is 12.6. The summed E-state index contributed by atoms with van der Waals surface area (Å²) < 4.78 is 5.72. The molecule has 2 aromatic heterocycles. The maximum Gasteiger partial charge on any atom is 0.293 e. The Morgan fingerprint density at radius 1 is 1.00 bits per heavy atom. The van der Waals surface area contributed by atoms with Crippen molar-refractivity contribution in [2.75, 3.05) is 36.4 Å². The summed E-state index contributed by atoms with van der Waals surface area (Å²) in [5, 5.41) is 8.40. The first-order valence-electron chi connectivity index (χ1n) is 12.0. The molecule has 0 unspecified atom stereocenters. The molecule has 4 aromatic rings. The van der Waals surface area contributed by atoms with E-state index in [0.29, 0.717) is 23.9 Å². The highest BCUT2D eigenvalue weighted by Gasteiger charge is 2.23. The van der Waals surface area contributed by atoms with Gasteiger partial charge in [0.2, 0.25) is 0 Å². The lowest BCUT2D eigenvalue weighted by Crippen LogP contribution is -2.48. The molecule has 0 aliphatic carbocycles. The number of halogens is 1. The monoisotopic (exact) mass is 564 g/mol. The Labute approximate surface area is 235 Å². The molecule has 0 bridgehead atoms. The Hall–Kier alpha value is -3.66. The van der Waals surface area contributed by atoms with Crippen LogP contribution >= 0.6 is 35.2 Å². The highest BCUT2D eigenvalue weighted by atomic mass is 35.5. The van der Waals surface area contributed by atoms with E-state index in [2.05, 4.69) is 15.5 Å². The molecule has 2 aromatic carbocycles. The normalized spacial score (nSPS) is 13.3. The molecular formula is C28H25ClN4O3S2. The average Bonchev–Trinajstić information content (AvgIpc) is 3.64. The van der Waals surface area contributed by atoms with E-state index in [1.165, 1.54) is 11.3 Å². The third-order valence-electron chi connectivity index (χ3n) is 6.30. The minimum Gasteiger partial charge on any atom is -0.451 e. The third-order valence-corrected chi connectivity index (χ3v) is 7.77. The summed E-state index contributed by atoms with van der Waals surface area (Å²) in [6.45, 7) is 4.81. The van der Waals surface area contributed by atoms with Gasteiger partial charge in [-0.15, -0.1) is 11.3 Å². The van der Waals surface area contributed by atoms with Crippen LogP contribution < -0.4 is 15.5 Å². The molecule has 0 atom stereocenters. The number of amides is 2. The molecule has 7 nitrogen and oxygen atoms in total. The van der Waals surface area contributed by atoms with E-state index in [4.69, 9.17) is 28.2 Å². The molecule has 3 heterocycles. The summed E-state index contributed by atoms with van der Waals surface area (Å²) in [5.74, 6) is 0.342. The van der Waals surface area contributed by atoms with Crippen molar-refractivity contribution in [3.63, 3.8) is 0 Å². The van der Waals surface area contributed by atoms with Gasteiger partial charge in [-0.2, -0.15) is 0 Å². The topological polar surface area (TPSA) is 77.8 Å². The van der Waals surface area contributed by atoms with Gasteiger partial charge < -0.3 is 19.5 Å². The number of carbonyl (C=O) groups is 2.